The quantitative estimate of drug-likeness (QED) is 0.615. The number of ether oxygens (including phenoxy) is 1. The molecular weight excluding hydrogens is 206 g/mol. The SMILES string of the molecule is C=CCOC(=O)N1CCS(=O)(=O)CC1. The van der Waals surface area contributed by atoms with Crippen LogP contribution in [0.15, 0.2) is 12.7 Å². The molecule has 0 bridgehead atoms. The van der Waals surface area contributed by atoms with E-state index in [-0.39, 0.29) is 31.2 Å². The summed E-state index contributed by atoms with van der Waals surface area (Å²) in [6, 6.07) is 0. The van der Waals surface area contributed by atoms with E-state index in [4.69, 9.17) is 4.74 Å². The van der Waals surface area contributed by atoms with Crippen molar-refractivity contribution in [2.45, 2.75) is 0 Å². The molecule has 1 fully saturated rings. The summed E-state index contributed by atoms with van der Waals surface area (Å²) in [5, 5.41) is 0. The molecule has 14 heavy (non-hydrogen) atoms. The molecule has 1 aliphatic rings. The van der Waals surface area contributed by atoms with Gasteiger partial charge in [-0.25, -0.2) is 13.2 Å². The van der Waals surface area contributed by atoms with Crippen LogP contribution in [-0.2, 0) is 14.6 Å². The van der Waals surface area contributed by atoms with Crippen molar-refractivity contribution < 1.29 is 17.9 Å². The second-order valence-corrected chi connectivity index (χ2v) is 5.31. The van der Waals surface area contributed by atoms with E-state index in [9.17, 15) is 13.2 Å². The fraction of sp³-hybridized carbons (Fsp3) is 0.625. The Balaban J connectivity index is 2.41. The lowest BCUT2D eigenvalue weighted by molar-refractivity contribution is 0.116. The van der Waals surface area contributed by atoms with Crippen LogP contribution in [-0.4, -0.2) is 50.6 Å². The Morgan fingerprint density at radius 1 is 1.43 bits per heavy atom. The van der Waals surface area contributed by atoms with Crippen molar-refractivity contribution in [2.75, 3.05) is 31.2 Å². The van der Waals surface area contributed by atoms with Crippen molar-refractivity contribution >= 4 is 15.9 Å². The zero-order valence-corrected chi connectivity index (χ0v) is 8.62. The molecule has 0 aromatic carbocycles. The molecule has 80 valence electrons. The molecule has 1 rings (SSSR count). The molecule has 0 spiro atoms. The van der Waals surface area contributed by atoms with Crippen LogP contribution >= 0.6 is 0 Å². The van der Waals surface area contributed by atoms with E-state index in [1.807, 2.05) is 0 Å². The minimum Gasteiger partial charge on any atom is -0.445 e. The van der Waals surface area contributed by atoms with Gasteiger partial charge in [-0.05, 0) is 0 Å². The van der Waals surface area contributed by atoms with Crippen LogP contribution in [0.25, 0.3) is 0 Å². The molecule has 0 aromatic heterocycles. The number of hydrogen-bond donors (Lipinski definition) is 0. The fourth-order valence-corrected chi connectivity index (χ4v) is 2.32. The average molecular weight is 219 g/mol. The van der Waals surface area contributed by atoms with Crippen LogP contribution < -0.4 is 0 Å². The molecule has 1 aliphatic heterocycles. The number of hydrogen-bond acceptors (Lipinski definition) is 4. The molecule has 0 atom stereocenters. The first-order valence-corrected chi connectivity index (χ1v) is 6.10. The van der Waals surface area contributed by atoms with Gasteiger partial charge in [-0.15, -0.1) is 0 Å². The largest absolute Gasteiger partial charge is 0.445 e. The Bertz CT molecular complexity index is 308. The van der Waals surface area contributed by atoms with Crippen molar-refractivity contribution in [2.24, 2.45) is 0 Å². The van der Waals surface area contributed by atoms with Crippen molar-refractivity contribution in [3.8, 4) is 0 Å². The van der Waals surface area contributed by atoms with E-state index in [1.165, 1.54) is 11.0 Å². The zero-order chi connectivity index (χ0) is 10.6. The van der Waals surface area contributed by atoms with Crippen LogP contribution in [0, 0.1) is 0 Å². The lowest BCUT2D eigenvalue weighted by atomic mass is 10.5. The smallest absolute Gasteiger partial charge is 0.410 e. The molecular formula is C8H13NO4S. The second-order valence-electron chi connectivity index (χ2n) is 3.00. The number of sulfone groups is 1. The van der Waals surface area contributed by atoms with Crippen LogP contribution in [0.4, 0.5) is 4.79 Å². The van der Waals surface area contributed by atoms with Gasteiger partial charge >= 0.3 is 6.09 Å². The molecule has 1 saturated heterocycles. The first-order valence-electron chi connectivity index (χ1n) is 4.28. The van der Waals surface area contributed by atoms with Gasteiger partial charge in [-0.2, -0.15) is 0 Å². The molecule has 0 aliphatic carbocycles. The van der Waals surface area contributed by atoms with E-state index in [0.29, 0.717) is 0 Å². The molecule has 1 heterocycles. The molecule has 5 nitrogen and oxygen atoms in total. The molecule has 6 heteroatoms. The van der Waals surface area contributed by atoms with Crippen molar-refractivity contribution in [1.29, 1.82) is 0 Å². The second kappa shape index (κ2) is 4.45. The van der Waals surface area contributed by atoms with Gasteiger partial charge in [0.05, 0.1) is 11.5 Å². The normalized spacial score (nSPS) is 20.1. The summed E-state index contributed by atoms with van der Waals surface area (Å²) in [6.45, 7) is 4.01. The Morgan fingerprint density at radius 2 is 2.00 bits per heavy atom. The number of nitrogens with zero attached hydrogens (tertiary/aromatic N) is 1. The predicted molar refractivity (Wildman–Crippen MR) is 51.8 cm³/mol. The predicted octanol–water partition coefficient (Wildman–Crippen LogP) is 0.0394. The van der Waals surface area contributed by atoms with Gasteiger partial charge in [0.15, 0.2) is 9.84 Å². The third-order valence-corrected chi connectivity index (χ3v) is 3.54. The van der Waals surface area contributed by atoms with Crippen molar-refractivity contribution in [1.82, 2.24) is 4.90 Å². The van der Waals surface area contributed by atoms with Crippen LogP contribution in [0.1, 0.15) is 0 Å². The summed E-state index contributed by atoms with van der Waals surface area (Å²) < 4.78 is 26.8. The highest BCUT2D eigenvalue weighted by Crippen LogP contribution is 2.05. The highest BCUT2D eigenvalue weighted by Gasteiger charge is 2.25. The zero-order valence-electron chi connectivity index (χ0n) is 7.81. The number of rotatable bonds is 2. The highest BCUT2D eigenvalue weighted by molar-refractivity contribution is 7.91. The van der Waals surface area contributed by atoms with Gasteiger partial charge < -0.3 is 9.64 Å². The van der Waals surface area contributed by atoms with Crippen LogP contribution in [0.3, 0.4) is 0 Å². The lowest BCUT2D eigenvalue weighted by Crippen LogP contribution is -2.43. The van der Waals surface area contributed by atoms with Crippen LogP contribution in [0.5, 0.6) is 0 Å². The average Bonchev–Trinajstić information content (AvgIpc) is 2.14. The number of carbonyl (C=O) groups excluding carboxylic acids is 1. The summed E-state index contributed by atoms with van der Waals surface area (Å²) in [6.07, 6.45) is 0.998. The highest BCUT2D eigenvalue weighted by atomic mass is 32.2. The first kappa shape index (κ1) is 11.0. The van der Waals surface area contributed by atoms with E-state index >= 15 is 0 Å². The summed E-state index contributed by atoms with van der Waals surface area (Å²) in [5.74, 6) is 0.0480. The van der Waals surface area contributed by atoms with E-state index < -0.39 is 15.9 Å². The Hall–Kier alpha value is -1.04. The molecule has 0 unspecified atom stereocenters. The van der Waals surface area contributed by atoms with Gasteiger partial charge in [-0.1, -0.05) is 12.7 Å². The lowest BCUT2D eigenvalue weighted by Gasteiger charge is -2.25. The minimum absolute atomic E-state index is 0.0240. The molecule has 0 saturated carbocycles. The van der Waals surface area contributed by atoms with Gasteiger partial charge in [0.1, 0.15) is 6.61 Å². The maximum Gasteiger partial charge on any atom is 0.410 e. The number of carbonyl (C=O) groups is 1. The summed E-state index contributed by atoms with van der Waals surface area (Å²) in [5.41, 5.74) is 0. The molecule has 0 radical (unpaired) electrons. The monoisotopic (exact) mass is 219 g/mol. The molecule has 0 N–H and O–H groups in total. The number of amides is 1. The van der Waals surface area contributed by atoms with E-state index in [2.05, 4.69) is 6.58 Å². The van der Waals surface area contributed by atoms with Gasteiger partial charge in [0.25, 0.3) is 0 Å². The van der Waals surface area contributed by atoms with E-state index in [0.717, 1.165) is 0 Å². The Kier molecular flexibility index (Phi) is 3.51. The van der Waals surface area contributed by atoms with Crippen LogP contribution in [0.2, 0.25) is 0 Å². The molecule has 0 aromatic rings. The van der Waals surface area contributed by atoms with E-state index in [1.54, 1.807) is 0 Å². The fourth-order valence-electron chi connectivity index (χ4n) is 1.12. The van der Waals surface area contributed by atoms with Gasteiger partial charge in [0.2, 0.25) is 0 Å². The summed E-state index contributed by atoms with van der Waals surface area (Å²) >= 11 is 0. The molecule has 1 amide bonds. The van der Waals surface area contributed by atoms with Gasteiger partial charge in [-0.3, -0.25) is 0 Å². The maximum atomic E-state index is 11.2. The van der Waals surface area contributed by atoms with Crippen molar-refractivity contribution in [3.63, 3.8) is 0 Å². The third kappa shape index (κ3) is 3.02. The minimum atomic E-state index is -2.94. The maximum absolute atomic E-state index is 11.2. The Morgan fingerprint density at radius 3 is 2.50 bits per heavy atom. The summed E-state index contributed by atoms with van der Waals surface area (Å²) in [4.78, 5) is 12.6. The third-order valence-electron chi connectivity index (χ3n) is 1.93. The standard InChI is InChI=1S/C8H13NO4S/c1-2-5-13-8(10)9-3-6-14(11,12)7-4-9/h2H,1,3-7H2. The summed E-state index contributed by atoms with van der Waals surface area (Å²) in [7, 11) is -2.94. The van der Waals surface area contributed by atoms with Gasteiger partial charge in [0, 0.05) is 13.1 Å². The topological polar surface area (TPSA) is 63.7 Å². The Labute approximate surface area is 83.3 Å². The van der Waals surface area contributed by atoms with Crippen molar-refractivity contribution in [3.05, 3.63) is 12.7 Å². The first-order chi connectivity index (χ1) is 6.55.